The van der Waals surface area contributed by atoms with E-state index in [1.54, 1.807) is 23.3 Å². The van der Waals surface area contributed by atoms with Crippen LogP contribution in [0.5, 0.6) is 0 Å². The summed E-state index contributed by atoms with van der Waals surface area (Å²) < 4.78 is 2.70. The van der Waals surface area contributed by atoms with Crippen molar-refractivity contribution in [2.75, 3.05) is 0 Å². The Morgan fingerprint density at radius 1 is 1.47 bits per heavy atom. The van der Waals surface area contributed by atoms with Crippen molar-refractivity contribution in [3.63, 3.8) is 0 Å². The minimum absolute atomic E-state index is 0.455. The predicted octanol–water partition coefficient (Wildman–Crippen LogP) is 1.56. The van der Waals surface area contributed by atoms with Gasteiger partial charge in [-0.1, -0.05) is 0 Å². The van der Waals surface area contributed by atoms with Gasteiger partial charge in [0.2, 0.25) is 0 Å². The Bertz CT molecular complexity index is 512. The van der Waals surface area contributed by atoms with Gasteiger partial charge in [0.1, 0.15) is 6.10 Å². The van der Waals surface area contributed by atoms with E-state index in [1.165, 1.54) is 0 Å². The van der Waals surface area contributed by atoms with Crippen molar-refractivity contribution in [1.29, 1.82) is 0 Å². The third kappa shape index (κ3) is 2.53. The molecule has 0 saturated heterocycles. The second kappa shape index (κ2) is 4.93. The third-order valence-electron chi connectivity index (χ3n) is 2.57. The molecule has 2 aromatic heterocycles. The molecule has 0 bridgehead atoms. The maximum atomic E-state index is 10.1. The highest BCUT2D eigenvalue weighted by Gasteiger charge is 2.17. The van der Waals surface area contributed by atoms with Gasteiger partial charge in [0.05, 0.1) is 27.8 Å². The summed E-state index contributed by atoms with van der Waals surface area (Å²) in [5, 5.41) is 14.3. The number of aromatic nitrogens is 4. The maximum absolute atomic E-state index is 10.1. The zero-order chi connectivity index (χ0) is 12.4. The quantitative estimate of drug-likeness (QED) is 0.933. The molecule has 6 heteroatoms. The van der Waals surface area contributed by atoms with E-state index in [2.05, 4.69) is 31.0 Å². The molecule has 2 heterocycles. The normalized spacial score (nSPS) is 12.7. The topological polar surface area (TPSA) is 63.8 Å². The van der Waals surface area contributed by atoms with Crippen LogP contribution in [0.1, 0.15) is 23.2 Å². The van der Waals surface area contributed by atoms with Crippen LogP contribution in [-0.2, 0) is 13.5 Å². The van der Waals surface area contributed by atoms with Gasteiger partial charge in [-0.2, -0.15) is 5.10 Å². The Balaban J connectivity index is 2.22. The summed E-state index contributed by atoms with van der Waals surface area (Å²) in [5.74, 6) is 0. The van der Waals surface area contributed by atoms with E-state index in [4.69, 9.17) is 0 Å². The lowest BCUT2D eigenvalue weighted by Gasteiger charge is -2.10. The molecule has 0 amide bonds. The van der Waals surface area contributed by atoms with Crippen LogP contribution in [0.15, 0.2) is 23.1 Å². The number of halogens is 1. The minimum atomic E-state index is -0.671. The first-order valence-corrected chi connectivity index (χ1v) is 6.01. The monoisotopic (exact) mass is 296 g/mol. The molecule has 0 fully saturated rings. The highest BCUT2D eigenvalue weighted by Crippen LogP contribution is 2.24. The molecule has 0 aromatic carbocycles. The van der Waals surface area contributed by atoms with Gasteiger partial charge < -0.3 is 5.11 Å². The van der Waals surface area contributed by atoms with Crippen LogP contribution >= 0.6 is 15.9 Å². The van der Waals surface area contributed by atoms with Crippen molar-refractivity contribution in [3.05, 3.63) is 40.1 Å². The van der Waals surface area contributed by atoms with Gasteiger partial charge in [0.15, 0.2) is 0 Å². The molecule has 0 aliphatic heterocycles. The molecule has 17 heavy (non-hydrogen) atoms. The van der Waals surface area contributed by atoms with Crippen LogP contribution in [0.3, 0.4) is 0 Å². The van der Waals surface area contributed by atoms with Crippen LogP contribution in [0.2, 0.25) is 0 Å². The zero-order valence-corrected chi connectivity index (χ0v) is 11.2. The van der Waals surface area contributed by atoms with Gasteiger partial charge in [-0.05, 0) is 22.9 Å². The lowest BCUT2D eigenvalue weighted by atomic mass is 10.1. The van der Waals surface area contributed by atoms with Crippen molar-refractivity contribution in [2.45, 2.75) is 19.4 Å². The first kappa shape index (κ1) is 12.2. The smallest absolute Gasteiger partial charge is 0.103 e. The molecule has 5 nitrogen and oxygen atoms in total. The van der Waals surface area contributed by atoms with Crippen LogP contribution in [0.4, 0.5) is 0 Å². The van der Waals surface area contributed by atoms with Gasteiger partial charge in [-0.15, -0.1) is 0 Å². The Labute approximate surface area is 108 Å². The molecule has 1 unspecified atom stereocenters. The molecule has 1 atom stereocenters. The van der Waals surface area contributed by atoms with Crippen molar-refractivity contribution in [2.24, 2.45) is 7.05 Å². The second-order valence-corrected chi connectivity index (χ2v) is 4.61. The zero-order valence-electron chi connectivity index (χ0n) is 9.63. The summed E-state index contributed by atoms with van der Waals surface area (Å²) >= 11 is 3.47. The largest absolute Gasteiger partial charge is 0.386 e. The van der Waals surface area contributed by atoms with Gasteiger partial charge in [-0.3, -0.25) is 14.6 Å². The lowest BCUT2D eigenvalue weighted by Crippen LogP contribution is -2.08. The molecule has 0 spiro atoms. The van der Waals surface area contributed by atoms with Crippen LogP contribution in [0.25, 0.3) is 0 Å². The van der Waals surface area contributed by atoms with E-state index in [9.17, 15) is 5.11 Å². The van der Waals surface area contributed by atoms with Gasteiger partial charge >= 0.3 is 0 Å². The molecule has 0 radical (unpaired) electrons. The molecule has 0 aliphatic rings. The number of aliphatic hydroxyl groups is 1. The molecule has 90 valence electrons. The van der Waals surface area contributed by atoms with Crippen molar-refractivity contribution in [1.82, 2.24) is 19.7 Å². The van der Waals surface area contributed by atoms with Crippen LogP contribution in [0, 0.1) is 6.92 Å². The Hall–Kier alpha value is -1.27. The SMILES string of the molecule is Cc1nn(C)c(CC(O)c2cnccn2)c1Br. The average Bonchev–Trinajstić information content (AvgIpc) is 2.57. The lowest BCUT2D eigenvalue weighted by molar-refractivity contribution is 0.170. The average molecular weight is 297 g/mol. The molecular weight excluding hydrogens is 284 g/mol. The van der Waals surface area contributed by atoms with Crippen molar-refractivity contribution >= 4 is 15.9 Å². The molecule has 0 saturated carbocycles. The summed E-state index contributed by atoms with van der Waals surface area (Å²) in [6.45, 7) is 1.92. The van der Waals surface area contributed by atoms with E-state index in [-0.39, 0.29) is 0 Å². The number of hydrogen-bond acceptors (Lipinski definition) is 4. The maximum Gasteiger partial charge on any atom is 0.103 e. The Morgan fingerprint density at radius 2 is 2.24 bits per heavy atom. The highest BCUT2D eigenvalue weighted by molar-refractivity contribution is 9.10. The number of rotatable bonds is 3. The van der Waals surface area contributed by atoms with E-state index < -0.39 is 6.10 Å². The minimum Gasteiger partial charge on any atom is -0.386 e. The molecule has 1 N–H and O–H groups in total. The van der Waals surface area contributed by atoms with Crippen LogP contribution < -0.4 is 0 Å². The Morgan fingerprint density at radius 3 is 2.76 bits per heavy atom. The first-order chi connectivity index (χ1) is 8.09. The van der Waals surface area contributed by atoms with Gasteiger partial charge in [-0.25, -0.2) is 0 Å². The fourth-order valence-corrected chi connectivity index (χ4v) is 2.17. The van der Waals surface area contributed by atoms with E-state index in [0.717, 1.165) is 15.9 Å². The summed E-state index contributed by atoms with van der Waals surface area (Å²) in [5.41, 5.74) is 2.42. The molecule has 2 aromatic rings. The molecule has 2 rings (SSSR count). The summed E-state index contributed by atoms with van der Waals surface area (Å²) in [7, 11) is 1.86. The summed E-state index contributed by atoms with van der Waals surface area (Å²) in [6.07, 6.45) is 4.51. The fourth-order valence-electron chi connectivity index (χ4n) is 1.67. The van der Waals surface area contributed by atoms with Gasteiger partial charge in [0.25, 0.3) is 0 Å². The Kier molecular flexibility index (Phi) is 3.54. The molecule has 0 aliphatic carbocycles. The molecular formula is C11H13BrN4O. The van der Waals surface area contributed by atoms with Gasteiger partial charge in [0, 0.05) is 25.9 Å². The van der Waals surface area contributed by atoms with Crippen molar-refractivity contribution in [3.8, 4) is 0 Å². The number of hydrogen-bond donors (Lipinski definition) is 1. The number of aryl methyl sites for hydroxylation is 2. The van der Waals surface area contributed by atoms with E-state index in [0.29, 0.717) is 12.1 Å². The summed E-state index contributed by atoms with van der Waals surface area (Å²) in [4.78, 5) is 8.02. The standard InChI is InChI=1S/C11H13BrN4O/c1-7-11(12)9(16(2)15-7)5-10(17)8-6-13-3-4-14-8/h3-4,6,10,17H,5H2,1-2H3. The van der Waals surface area contributed by atoms with E-state index >= 15 is 0 Å². The third-order valence-corrected chi connectivity index (χ3v) is 3.60. The predicted molar refractivity (Wildman–Crippen MR) is 66.3 cm³/mol. The summed E-state index contributed by atoms with van der Waals surface area (Å²) in [6, 6.07) is 0. The van der Waals surface area contributed by atoms with Crippen molar-refractivity contribution < 1.29 is 5.11 Å². The highest BCUT2D eigenvalue weighted by atomic mass is 79.9. The fraction of sp³-hybridized carbons (Fsp3) is 0.364. The first-order valence-electron chi connectivity index (χ1n) is 5.21. The van der Waals surface area contributed by atoms with E-state index in [1.807, 2.05) is 14.0 Å². The number of aliphatic hydroxyl groups excluding tert-OH is 1. The van der Waals surface area contributed by atoms with Crippen LogP contribution in [-0.4, -0.2) is 24.9 Å². The second-order valence-electron chi connectivity index (χ2n) is 3.82. The number of nitrogens with zero attached hydrogens (tertiary/aromatic N) is 4.